The molecule has 1 aliphatic heterocycles. The maximum Gasteiger partial charge on any atom is 0.490 e. The van der Waals surface area contributed by atoms with Crippen molar-refractivity contribution in [3.8, 4) is 0 Å². The molecule has 1 saturated heterocycles. The van der Waals surface area contributed by atoms with Gasteiger partial charge in [-0.15, -0.1) is 0 Å². The minimum Gasteiger partial charge on any atom is -0.481 e. The second-order valence-electron chi connectivity index (χ2n) is 4.08. The minimum atomic E-state index is -5.08. The van der Waals surface area contributed by atoms with E-state index in [-0.39, 0.29) is 6.42 Å². The molecule has 0 amide bonds. The molecule has 0 aromatic rings. The second-order valence-corrected chi connectivity index (χ2v) is 4.08. The Bertz CT molecular complexity index is 308. The Labute approximate surface area is 106 Å². The standard InChI is InChI=1S/C8H14FNO2.C2HF3O2/c9-4-1-8(7(11)12)2-5-10-6-3-8;3-2(4,5)1(6)7/h10H,1-6H2,(H,11,12);(H,6,7). The Morgan fingerprint density at radius 1 is 1.16 bits per heavy atom. The zero-order valence-electron chi connectivity index (χ0n) is 9.97. The third-order valence-electron chi connectivity index (χ3n) is 2.83. The van der Waals surface area contributed by atoms with Crippen LogP contribution in [0.1, 0.15) is 19.3 Å². The molecule has 0 aliphatic carbocycles. The molecule has 19 heavy (non-hydrogen) atoms. The number of hydrogen-bond acceptors (Lipinski definition) is 3. The summed E-state index contributed by atoms with van der Waals surface area (Å²) in [5.41, 5.74) is -0.792. The number of aliphatic carboxylic acids is 2. The van der Waals surface area contributed by atoms with E-state index in [0.29, 0.717) is 25.9 Å². The molecule has 0 saturated carbocycles. The molecular formula is C10H15F4NO4. The van der Waals surface area contributed by atoms with E-state index >= 15 is 0 Å². The quantitative estimate of drug-likeness (QED) is 0.684. The lowest BCUT2D eigenvalue weighted by Gasteiger charge is -2.32. The van der Waals surface area contributed by atoms with E-state index < -0.39 is 30.2 Å². The molecule has 1 fully saturated rings. The average Bonchev–Trinajstić information content (AvgIpc) is 2.30. The average molecular weight is 289 g/mol. The summed E-state index contributed by atoms with van der Waals surface area (Å²) in [5, 5.41) is 19.1. The molecule has 112 valence electrons. The molecule has 5 nitrogen and oxygen atoms in total. The van der Waals surface area contributed by atoms with Gasteiger partial charge < -0.3 is 15.5 Å². The largest absolute Gasteiger partial charge is 0.490 e. The van der Waals surface area contributed by atoms with Crippen molar-refractivity contribution >= 4 is 11.9 Å². The molecule has 0 radical (unpaired) electrons. The van der Waals surface area contributed by atoms with E-state index in [2.05, 4.69) is 5.32 Å². The summed E-state index contributed by atoms with van der Waals surface area (Å²) < 4.78 is 43.8. The van der Waals surface area contributed by atoms with Gasteiger partial charge >= 0.3 is 18.1 Å². The summed E-state index contributed by atoms with van der Waals surface area (Å²) in [6, 6.07) is 0. The monoisotopic (exact) mass is 289 g/mol. The SMILES string of the molecule is O=C(O)C(F)(F)F.O=C(O)C1(CCF)CCNCC1. The molecule has 9 heteroatoms. The van der Waals surface area contributed by atoms with Crippen LogP contribution in [0.5, 0.6) is 0 Å². The molecule has 1 heterocycles. The summed E-state index contributed by atoms with van der Waals surface area (Å²) in [7, 11) is 0. The van der Waals surface area contributed by atoms with Crippen LogP contribution in [-0.4, -0.2) is 48.1 Å². The van der Waals surface area contributed by atoms with E-state index in [9.17, 15) is 22.4 Å². The highest BCUT2D eigenvalue weighted by Gasteiger charge is 2.39. The van der Waals surface area contributed by atoms with Gasteiger partial charge in [-0.05, 0) is 32.4 Å². The van der Waals surface area contributed by atoms with Crippen LogP contribution in [0, 0.1) is 5.41 Å². The summed E-state index contributed by atoms with van der Waals surface area (Å²) >= 11 is 0. The first kappa shape index (κ1) is 17.6. The molecule has 1 aliphatic rings. The van der Waals surface area contributed by atoms with Crippen molar-refractivity contribution in [1.29, 1.82) is 0 Å². The highest BCUT2D eigenvalue weighted by molar-refractivity contribution is 5.74. The zero-order chi connectivity index (χ0) is 15.1. The Hall–Kier alpha value is -1.38. The first-order valence-electron chi connectivity index (χ1n) is 5.46. The van der Waals surface area contributed by atoms with Gasteiger partial charge in [0.25, 0.3) is 0 Å². The number of carboxylic acid groups (broad SMARTS) is 2. The van der Waals surface area contributed by atoms with Crippen LogP contribution in [0.3, 0.4) is 0 Å². The van der Waals surface area contributed by atoms with Gasteiger partial charge in [0, 0.05) is 0 Å². The zero-order valence-corrected chi connectivity index (χ0v) is 9.97. The summed E-state index contributed by atoms with van der Waals surface area (Å²) in [6.07, 6.45) is -3.83. The first-order valence-corrected chi connectivity index (χ1v) is 5.46. The van der Waals surface area contributed by atoms with Crippen molar-refractivity contribution in [2.45, 2.75) is 25.4 Å². The van der Waals surface area contributed by atoms with E-state index in [1.54, 1.807) is 0 Å². The highest BCUT2D eigenvalue weighted by Crippen LogP contribution is 2.32. The molecule has 0 spiro atoms. The third-order valence-corrected chi connectivity index (χ3v) is 2.83. The van der Waals surface area contributed by atoms with Crippen molar-refractivity contribution < 1.29 is 37.4 Å². The first-order chi connectivity index (χ1) is 8.65. The maximum atomic E-state index is 12.1. The van der Waals surface area contributed by atoms with E-state index in [0.717, 1.165) is 0 Å². The van der Waals surface area contributed by atoms with Gasteiger partial charge in [0.05, 0.1) is 12.1 Å². The van der Waals surface area contributed by atoms with Gasteiger partial charge in [-0.3, -0.25) is 9.18 Å². The van der Waals surface area contributed by atoms with Crippen LogP contribution < -0.4 is 5.32 Å². The number of piperidine rings is 1. The molecule has 3 N–H and O–H groups in total. The lowest BCUT2D eigenvalue weighted by atomic mass is 9.76. The molecule has 0 aromatic carbocycles. The molecule has 0 bridgehead atoms. The fourth-order valence-corrected chi connectivity index (χ4v) is 1.66. The summed E-state index contributed by atoms with van der Waals surface area (Å²) in [6.45, 7) is 0.838. The smallest absolute Gasteiger partial charge is 0.481 e. The van der Waals surface area contributed by atoms with Crippen LogP contribution in [0.25, 0.3) is 0 Å². The van der Waals surface area contributed by atoms with Crippen molar-refractivity contribution in [3.63, 3.8) is 0 Å². The van der Waals surface area contributed by atoms with Crippen molar-refractivity contribution in [1.82, 2.24) is 5.32 Å². The van der Waals surface area contributed by atoms with Gasteiger partial charge in [-0.1, -0.05) is 0 Å². The lowest BCUT2D eigenvalue weighted by molar-refractivity contribution is -0.192. The number of carboxylic acids is 2. The summed E-state index contributed by atoms with van der Waals surface area (Å²) in [5.74, 6) is -3.60. The molecule has 1 rings (SSSR count). The maximum absolute atomic E-state index is 12.1. The summed E-state index contributed by atoms with van der Waals surface area (Å²) in [4.78, 5) is 19.8. The van der Waals surface area contributed by atoms with E-state index in [1.165, 1.54) is 0 Å². The number of carbonyl (C=O) groups is 2. The van der Waals surface area contributed by atoms with E-state index in [1.807, 2.05) is 0 Å². The van der Waals surface area contributed by atoms with Crippen molar-refractivity contribution in [2.75, 3.05) is 19.8 Å². The number of rotatable bonds is 3. The Morgan fingerprint density at radius 3 is 1.84 bits per heavy atom. The predicted molar refractivity (Wildman–Crippen MR) is 56.5 cm³/mol. The van der Waals surface area contributed by atoms with Crippen LogP contribution >= 0.6 is 0 Å². The normalized spacial score (nSPS) is 18.1. The number of nitrogens with one attached hydrogen (secondary N) is 1. The minimum absolute atomic E-state index is 0.157. The van der Waals surface area contributed by atoms with Crippen molar-refractivity contribution in [3.05, 3.63) is 0 Å². The number of halogens is 4. The fraction of sp³-hybridized carbons (Fsp3) is 0.800. The number of alkyl halides is 4. The highest BCUT2D eigenvalue weighted by atomic mass is 19.4. The Balaban J connectivity index is 0.000000399. The molecule has 0 atom stereocenters. The van der Waals surface area contributed by atoms with Gasteiger partial charge in [0.15, 0.2) is 0 Å². The van der Waals surface area contributed by atoms with Crippen LogP contribution in [-0.2, 0) is 9.59 Å². The number of hydrogen-bond donors (Lipinski definition) is 3. The Morgan fingerprint density at radius 2 is 1.58 bits per heavy atom. The van der Waals surface area contributed by atoms with Gasteiger partial charge in [-0.25, -0.2) is 4.79 Å². The van der Waals surface area contributed by atoms with Gasteiger partial charge in [0.1, 0.15) is 0 Å². The molecule has 0 aromatic heterocycles. The van der Waals surface area contributed by atoms with E-state index in [4.69, 9.17) is 15.0 Å². The Kier molecular flexibility index (Phi) is 6.74. The van der Waals surface area contributed by atoms with Crippen LogP contribution in [0.15, 0.2) is 0 Å². The van der Waals surface area contributed by atoms with Crippen LogP contribution in [0.2, 0.25) is 0 Å². The predicted octanol–water partition coefficient (Wildman–Crippen LogP) is 1.43. The van der Waals surface area contributed by atoms with Crippen LogP contribution in [0.4, 0.5) is 17.6 Å². The van der Waals surface area contributed by atoms with Crippen molar-refractivity contribution in [2.24, 2.45) is 5.41 Å². The lowest BCUT2D eigenvalue weighted by Crippen LogP contribution is -2.42. The molecule has 0 unspecified atom stereocenters. The topological polar surface area (TPSA) is 86.6 Å². The van der Waals surface area contributed by atoms with Gasteiger partial charge in [-0.2, -0.15) is 13.2 Å². The molecular weight excluding hydrogens is 274 g/mol. The van der Waals surface area contributed by atoms with Gasteiger partial charge in [0.2, 0.25) is 0 Å². The second kappa shape index (κ2) is 7.27. The fourth-order valence-electron chi connectivity index (χ4n) is 1.66. The third kappa shape index (κ3) is 5.86.